The lowest BCUT2D eigenvalue weighted by atomic mass is 9.89. The van der Waals surface area contributed by atoms with Gasteiger partial charge in [-0.3, -0.25) is 4.79 Å². The predicted octanol–water partition coefficient (Wildman–Crippen LogP) is 3.62. The van der Waals surface area contributed by atoms with Gasteiger partial charge in [0.1, 0.15) is 0 Å². The monoisotopic (exact) mass is 277 g/mol. The molecule has 0 radical (unpaired) electrons. The van der Waals surface area contributed by atoms with Crippen LogP contribution in [0.25, 0.3) is 0 Å². The summed E-state index contributed by atoms with van der Waals surface area (Å²) in [5, 5.41) is 3.08. The first-order valence-corrected chi connectivity index (χ1v) is 8.41. The molecule has 0 aromatic heterocycles. The van der Waals surface area contributed by atoms with Gasteiger partial charge in [0.25, 0.3) is 0 Å². The molecule has 1 aliphatic rings. The maximum atomic E-state index is 11.9. The largest absolute Gasteiger partial charge is 0.355 e. The van der Waals surface area contributed by atoms with Crippen molar-refractivity contribution in [2.45, 2.75) is 37.9 Å². The highest BCUT2D eigenvalue weighted by Gasteiger charge is 2.20. The van der Waals surface area contributed by atoms with Crippen LogP contribution in [0.5, 0.6) is 0 Å². The van der Waals surface area contributed by atoms with Gasteiger partial charge in [-0.05, 0) is 18.4 Å². The molecular weight excluding hydrogens is 254 g/mol. The second-order valence-electron chi connectivity index (χ2n) is 5.16. The third-order valence-corrected chi connectivity index (χ3v) is 4.66. The number of hydrogen-bond acceptors (Lipinski definition) is 2. The Kier molecular flexibility index (Phi) is 6.28. The van der Waals surface area contributed by atoms with Gasteiger partial charge in [0.15, 0.2) is 0 Å². The van der Waals surface area contributed by atoms with Gasteiger partial charge < -0.3 is 5.32 Å². The van der Waals surface area contributed by atoms with Crippen LogP contribution in [0.4, 0.5) is 0 Å². The van der Waals surface area contributed by atoms with E-state index in [-0.39, 0.29) is 11.8 Å². The van der Waals surface area contributed by atoms with Crippen molar-refractivity contribution < 1.29 is 4.79 Å². The Morgan fingerprint density at radius 2 is 1.89 bits per heavy atom. The van der Waals surface area contributed by atoms with Crippen LogP contribution in [0.15, 0.2) is 30.3 Å². The van der Waals surface area contributed by atoms with Crippen molar-refractivity contribution in [3.05, 3.63) is 35.9 Å². The molecule has 19 heavy (non-hydrogen) atoms. The molecule has 1 aromatic rings. The minimum absolute atomic E-state index is 0.278. The van der Waals surface area contributed by atoms with Gasteiger partial charge in [0.2, 0.25) is 5.91 Å². The Morgan fingerprint density at radius 3 is 2.63 bits per heavy atom. The van der Waals surface area contributed by atoms with Crippen LogP contribution in [0.1, 0.15) is 37.7 Å². The summed E-state index contributed by atoms with van der Waals surface area (Å²) in [6, 6.07) is 10.5. The van der Waals surface area contributed by atoms with Gasteiger partial charge in [-0.2, -0.15) is 11.8 Å². The fraction of sp³-hybridized carbons (Fsp3) is 0.562. The van der Waals surface area contributed by atoms with E-state index < -0.39 is 0 Å². The number of benzene rings is 1. The fourth-order valence-electron chi connectivity index (χ4n) is 2.52. The Hall–Kier alpha value is -0.960. The average molecular weight is 277 g/mol. The van der Waals surface area contributed by atoms with Gasteiger partial charge >= 0.3 is 0 Å². The van der Waals surface area contributed by atoms with Crippen LogP contribution < -0.4 is 5.32 Å². The third kappa shape index (κ3) is 5.27. The zero-order valence-corrected chi connectivity index (χ0v) is 12.3. The van der Waals surface area contributed by atoms with Crippen molar-refractivity contribution in [1.29, 1.82) is 0 Å². The molecule has 1 aliphatic carbocycles. The van der Waals surface area contributed by atoms with E-state index in [1.54, 1.807) is 0 Å². The standard InChI is InChI=1S/C16H23NOS/c18-16(15-9-5-2-6-10-15)17-11-12-19-13-14-7-3-1-4-8-14/h1,3-4,7-8,15H,2,5-6,9-13H2,(H,17,18). The number of rotatable bonds is 6. The number of carbonyl (C=O) groups is 1. The van der Waals surface area contributed by atoms with Crippen LogP contribution >= 0.6 is 11.8 Å². The lowest BCUT2D eigenvalue weighted by Crippen LogP contribution is -2.33. The van der Waals surface area contributed by atoms with E-state index in [1.807, 2.05) is 17.8 Å². The number of amides is 1. The van der Waals surface area contributed by atoms with Gasteiger partial charge in [0, 0.05) is 24.0 Å². The highest BCUT2D eigenvalue weighted by molar-refractivity contribution is 7.98. The molecule has 0 heterocycles. The van der Waals surface area contributed by atoms with Crippen molar-refractivity contribution in [3.8, 4) is 0 Å². The Bertz CT molecular complexity index is 374. The van der Waals surface area contributed by atoms with Gasteiger partial charge in [-0.1, -0.05) is 49.6 Å². The summed E-state index contributed by atoms with van der Waals surface area (Å²) in [7, 11) is 0. The maximum absolute atomic E-state index is 11.9. The molecule has 3 heteroatoms. The predicted molar refractivity (Wildman–Crippen MR) is 82.2 cm³/mol. The molecule has 2 nitrogen and oxygen atoms in total. The zero-order chi connectivity index (χ0) is 13.3. The number of thioether (sulfide) groups is 1. The summed E-state index contributed by atoms with van der Waals surface area (Å²) >= 11 is 1.88. The first-order chi connectivity index (χ1) is 9.36. The Balaban J connectivity index is 1.55. The second kappa shape index (κ2) is 8.26. The Labute approximate surface area is 120 Å². The summed E-state index contributed by atoms with van der Waals surface area (Å²) in [6.07, 6.45) is 5.92. The lowest BCUT2D eigenvalue weighted by molar-refractivity contribution is -0.125. The molecular formula is C16H23NOS. The number of carbonyl (C=O) groups excluding carboxylic acids is 1. The first kappa shape index (κ1) is 14.4. The summed E-state index contributed by atoms with van der Waals surface area (Å²) < 4.78 is 0. The van der Waals surface area contributed by atoms with Gasteiger partial charge in [-0.15, -0.1) is 0 Å². The summed E-state index contributed by atoms with van der Waals surface area (Å²) in [4.78, 5) is 11.9. The minimum atomic E-state index is 0.278. The van der Waals surface area contributed by atoms with Crippen molar-refractivity contribution >= 4 is 17.7 Å². The van der Waals surface area contributed by atoms with Gasteiger partial charge in [-0.25, -0.2) is 0 Å². The molecule has 0 atom stereocenters. The van der Waals surface area contributed by atoms with Crippen LogP contribution in [0, 0.1) is 5.92 Å². The third-order valence-electron chi connectivity index (χ3n) is 3.63. The van der Waals surface area contributed by atoms with E-state index in [4.69, 9.17) is 0 Å². The number of hydrogen-bond donors (Lipinski definition) is 1. The summed E-state index contributed by atoms with van der Waals surface area (Å²) in [5.74, 6) is 2.58. The molecule has 0 unspecified atom stereocenters. The topological polar surface area (TPSA) is 29.1 Å². The average Bonchev–Trinajstić information content (AvgIpc) is 2.49. The highest BCUT2D eigenvalue weighted by atomic mass is 32.2. The SMILES string of the molecule is O=C(NCCSCc1ccccc1)C1CCCCC1. The van der Waals surface area contributed by atoms with Crippen LogP contribution in [-0.2, 0) is 10.5 Å². The first-order valence-electron chi connectivity index (χ1n) is 7.25. The quantitative estimate of drug-likeness (QED) is 0.805. The van der Waals surface area contributed by atoms with Gasteiger partial charge in [0.05, 0.1) is 0 Å². The highest BCUT2D eigenvalue weighted by Crippen LogP contribution is 2.23. The number of nitrogens with one attached hydrogen (secondary N) is 1. The van der Waals surface area contributed by atoms with Crippen LogP contribution in [0.2, 0.25) is 0 Å². The van der Waals surface area contributed by atoms with Crippen molar-refractivity contribution in [1.82, 2.24) is 5.32 Å². The van der Waals surface area contributed by atoms with E-state index in [0.717, 1.165) is 30.9 Å². The maximum Gasteiger partial charge on any atom is 0.223 e. The molecule has 1 saturated carbocycles. The van der Waals surface area contributed by atoms with Crippen molar-refractivity contribution in [2.75, 3.05) is 12.3 Å². The van der Waals surface area contributed by atoms with E-state index in [1.165, 1.54) is 24.8 Å². The van der Waals surface area contributed by atoms with Crippen molar-refractivity contribution in [2.24, 2.45) is 5.92 Å². The molecule has 2 rings (SSSR count). The van der Waals surface area contributed by atoms with Crippen LogP contribution in [-0.4, -0.2) is 18.2 Å². The summed E-state index contributed by atoms with van der Waals surface area (Å²) in [6.45, 7) is 0.798. The fourth-order valence-corrected chi connectivity index (χ4v) is 3.34. The lowest BCUT2D eigenvalue weighted by Gasteiger charge is -2.20. The molecule has 0 aliphatic heterocycles. The van der Waals surface area contributed by atoms with E-state index in [0.29, 0.717) is 0 Å². The molecule has 0 spiro atoms. The molecule has 1 N–H and O–H groups in total. The van der Waals surface area contributed by atoms with E-state index >= 15 is 0 Å². The zero-order valence-electron chi connectivity index (χ0n) is 11.4. The smallest absolute Gasteiger partial charge is 0.223 e. The normalized spacial score (nSPS) is 16.2. The molecule has 1 amide bonds. The van der Waals surface area contributed by atoms with E-state index in [2.05, 4.69) is 29.6 Å². The molecule has 104 valence electrons. The van der Waals surface area contributed by atoms with Crippen LogP contribution in [0.3, 0.4) is 0 Å². The Morgan fingerprint density at radius 1 is 1.16 bits per heavy atom. The minimum Gasteiger partial charge on any atom is -0.355 e. The molecule has 1 fully saturated rings. The molecule has 1 aromatic carbocycles. The van der Waals surface area contributed by atoms with Crippen molar-refractivity contribution in [3.63, 3.8) is 0 Å². The second-order valence-corrected chi connectivity index (χ2v) is 6.27. The summed E-state index contributed by atoms with van der Waals surface area (Å²) in [5.41, 5.74) is 1.35. The van der Waals surface area contributed by atoms with E-state index in [9.17, 15) is 4.79 Å². The molecule has 0 saturated heterocycles. The molecule has 0 bridgehead atoms.